The van der Waals surface area contributed by atoms with Gasteiger partial charge in [0, 0.05) is 26.8 Å². The topological polar surface area (TPSA) is 120 Å². The van der Waals surface area contributed by atoms with Gasteiger partial charge in [-0.25, -0.2) is 4.79 Å². The molecule has 1 fully saturated rings. The summed E-state index contributed by atoms with van der Waals surface area (Å²) in [5, 5.41) is 16.8. The van der Waals surface area contributed by atoms with Crippen molar-refractivity contribution in [3.63, 3.8) is 0 Å². The molecule has 1 aliphatic heterocycles. The zero-order valence-corrected chi connectivity index (χ0v) is 10.9. The number of aliphatic hydroxyl groups excluding tert-OH is 2. The molecule has 0 spiro atoms. The van der Waals surface area contributed by atoms with Crippen LogP contribution < -0.4 is 11.4 Å². The summed E-state index contributed by atoms with van der Waals surface area (Å²) in [5.74, 6) is 0.146. The molecule has 1 aliphatic rings. The summed E-state index contributed by atoms with van der Waals surface area (Å²) in [6.45, 7) is 0.380. The van der Waals surface area contributed by atoms with E-state index in [1.54, 1.807) is 7.11 Å². The van der Waals surface area contributed by atoms with Crippen LogP contribution in [0.1, 0.15) is 12.6 Å². The van der Waals surface area contributed by atoms with Crippen LogP contribution in [0.3, 0.4) is 0 Å². The fourth-order valence-electron chi connectivity index (χ4n) is 1.89. The van der Waals surface area contributed by atoms with Crippen molar-refractivity contribution in [2.24, 2.45) is 0 Å². The minimum Gasteiger partial charge on any atom is -0.400 e. The van der Waals surface area contributed by atoms with Gasteiger partial charge in [-0.05, 0) is 6.07 Å². The number of aromatic nitrogens is 2. The van der Waals surface area contributed by atoms with Gasteiger partial charge in [-0.15, -0.1) is 0 Å². The molecule has 108 valence electrons. The van der Waals surface area contributed by atoms with Crippen LogP contribution in [0.15, 0.2) is 17.1 Å². The van der Waals surface area contributed by atoms with E-state index in [2.05, 4.69) is 4.98 Å². The third kappa shape index (κ3) is 3.74. The number of hydrogen-bond acceptors (Lipinski definition) is 7. The van der Waals surface area contributed by atoms with Gasteiger partial charge in [-0.2, -0.15) is 4.98 Å². The van der Waals surface area contributed by atoms with Crippen LogP contribution >= 0.6 is 0 Å². The Hall–Kier alpha value is -1.48. The van der Waals surface area contributed by atoms with E-state index in [9.17, 15) is 9.90 Å². The van der Waals surface area contributed by atoms with E-state index in [-0.39, 0.29) is 11.9 Å². The summed E-state index contributed by atoms with van der Waals surface area (Å²) in [6, 6.07) is 1.49. The van der Waals surface area contributed by atoms with Crippen LogP contribution in [0.25, 0.3) is 0 Å². The highest BCUT2D eigenvalue weighted by molar-refractivity contribution is 5.23. The Morgan fingerprint density at radius 2 is 2.32 bits per heavy atom. The lowest BCUT2D eigenvalue weighted by molar-refractivity contribution is -0.0581. The highest BCUT2D eigenvalue weighted by atomic mass is 16.6. The molecule has 1 aromatic rings. The predicted molar refractivity (Wildman–Crippen MR) is 67.5 cm³/mol. The first-order valence-corrected chi connectivity index (χ1v) is 5.73. The second-order valence-electron chi connectivity index (χ2n) is 3.95. The normalized spacial score (nSPS) is 25.8. The fourth-order valence-corrected chi connectivity index (χ4v) is 1.89. The Morgan fingerprint density at radius 3 is 2.89 bits per heavy atom. The molecule has 0 aliphatic carbocycles. The summed E-state index contributed by atoms with van der Waals surface area (Å²) in [6.07, 6.45) is 0.196. The van der Waals surface area contributed by atoms with E-state index in [1.165, 1.54) is 16.8 Å². The molecule has 8 heteroatoms. The molecular formula is C11H19N3O5. The van der Waals surface area contributed by atoms with Crippen LogP contribution in [-0.2, 0) is 9.47 Å². The Labute approximate surface area is 110 Å². The summed E-state index contributed by atoms with van der Waals surface area (Å²) in [7, 11) is 2.56. The van der Waals surface area contributed by atoms with Crippen molar-refractivity contribution in [1.82, 2.24) is 9.55 Å². The Bertz CT molecular complexity index is 450. The highest BCUT2D eigenvalue weighted by Gasteiger charge is 2.35. The van der Waals surface area contributed by atoms with Crippen molar-refractivity contribution >= 4 is 5.82 Å². The minimum atomic E-state index is -0.752. The number of methoxy groups -OCH3 is 1. The van der Waals surface area contributed by atoms with E-state index in [4.69, 9.17) is 20.3 Å². The van der Waals surface area contributed by atoms with E-state index in [0.29, 0.717) is 13.0 Å². The number of rotatable bonds is 3. The van der Waals surface area contributed by atoms with Gasteiger partial charge in [-0.1, -0.05) is 0 Å². The van der Waals surface area contributed by atoms with Crippen molar-refractivity contribution in [2.75, 3.05) is 26.6 Å². The maximum Gasteiger partial charge on any atom is 0.351 e. The SMILES string of the molecule is CO.COC[C@@H]1CC(O)[C@H](n2ccc(N)nc2=O)O1. The summed E-state index contributed by atoms with van der Waals surface area (Å²) < 4.78 is 11.7. The zero-order valence-electron chi connectivity index (χ0n) is 10.9. The molecule has 8 nitrogen and oxygen atoms in total. The molecule has 1 saturated heterocycles. The number of aliphatic hydroxyl groups is 2. The fraction of sp³-hybridized carbons (Fsp3) is 0.636. The van der Waals surface area contributed by atoms with Gasteiger partial charge in [0.05, 0.1) is 12.7 Å². The molecule has 4 N–H and O–H groups in total. The zero-order chi connectivity index (χ0) is 14.4. The number of anilines is 1. The van der Waals surface area contributed by atoms with Gasteiger partial charge >= 0.3 is 5.69 Å². The van der Waals surface area contributed by atoms with E-state index < -0.39 is 18.0 Å². The molecular weight excluding hydrogens is 254 g/mol. The average molecular weight is 273 g/mol. The molecule has 0 aromatic carbocycles. The second-order valence-corrected chi connectivity index (χ2v) is 3.95. The van der Waals surface area contributed by atoms with Crippen LogP contribution in [0.5, 0.6) is 0 Å². The van der Waals surface area contributed by atoms with Gasteiger partial charge in [0.2, 0.25) is 0 Å². The highest BCUT2D eigenvalue weighted by Crippen LogP contribution is 2.27. The number of hydrogen-bond donors (Lipinski definition) is 3. The molecule has 0 radical (unpaired) electrons. The molecule has 0 saturated carbocycles. The van der Waals surface area contributed by atoms with Gasteiger partial charge in [0.25, 0.3) is 0 Å². The van der Waals surface area contributed by atoms with Crippen molar-refractivity contribution < 1.29 is 19.7 Å². The Balaban J connectivity index is 0.000000861. The quantitative estimate of drug-likeness (QED) is 0.628. The molecule has 0 bridgehead atoms. The van der Waals surface area contributed by atoms with Crippen LogP contribution in [-0.4, -0.2) is 52.8 Å². The molecule has 3 atom stereocenters. The number of nitrogen functional groups attached to an aromatic ring is 1. The summed E-state index contributed by atoms with van der Waals surface area (Å²) in [4.78, 5) is 15.2. The standard InChI is InChI=1S/C10H15N3O4.CH4O/c1-16-5-6-4-7(14)9(17-6)13-3-2-8(11)12-10(13)15;1-2/h2-3,6-7,9,14H,4-5H2,1H3,(H2,11,12,15);2H,1H3/t6-,7?,9+;/m0./s1. The molecule has 1 unspecified atom stereocenters. The van der Waals surface area contributed by atoms with Crippen molar-refractivity contribution in [1.29, 1.82) is 0 Å². The molecule has 0 amide bonds. The monoisotopic (exact) mass is 273 g/mol. The van der Waals surface area contributed by atoms with Gasteiger partial charge in [-0.3, -0.25) is 4.57 Å². The van der Waals surface area contributed by atoms with Gasteiger partial charge < -0.3 is 25.4 Å². The maximum atomic E-state index is 11.6. The van der Waals surface area contributed by atoms with E-state index in [1.807, 2.05) is 0 Å². The first-order valence-electron chi connectivity index (χ1n) is 5.73. The van der Waals surface area contributed by atoms with E-state index >= 15 is 0 Å². The lowest BCUT2D eigenvalue weighted by Gasteiger charge is -2.17. The average Bonchev–Trinajstić information content (AvgIpc) is 2.73. The molecule has 2 heterocycles. The number of nitrogens with zero attached hydrogens (tertiary/aromatic N) is 2. The second kappa shape index (κ2) is 7.19. The van der Waals surface area contributed by atoms with Crippen molar-refractivity contribution in [2.45, 2.75) is 24.9 Å². The number of ether oxygens (including phenoxy) is 2. The summed E-state index contributed by atoms with van der Waals surface area (Å²) >= 11 is 0. The first kappa shape index (κ1) is 15.6. The lowest BCUT2D eigenvalue weighted by Crippen LogP contribution is -2.31. The van der Waals surface area contributed by atoms with Gasteiger partial charge in [0.1, 0.15) is 11.9 Å². The van der Waals surface area contributed by atoms with Crippen LogP contribution in [0.4, 0.5) is 5.82 Å². The largest absolute Gasteiger partial charge is 0.400 e. The minimum absolute atomic E-state index is 0.146. The molecule has 1 aromatic heterocycles. The van der Waals surface area contributed by atoms with Gasteiger partial charge in [0.15, 0.2) is 6.23 Å². The van der Waals surface area contributed by atoms with Crippen LogP contribution in [0, 0.1) is 0 Å². The van der Waals surface area contributed by atoms with Crippen molar-refractivity contribution in [3.8, 4) is 0 Å². The lowest BCUT2D eigenvalue weighted by atomic mass is 10.2. The predicted octanol–water partition coefficient (Wildman–Crippen LogP) is -1.27. The first-order chi connectivity index (χ1) is 9.11. The Kier molecular flexibility index (Phi) is 5.90. The number of nitrogens with two attached hydrogens (primary N) is 1. The van der Waals surface area contributed by atoms with E-state index in [0.717, 1.165) is 7.11 Å². The molecule has 2 rings (SSSR count). The maximum absolute atomic E-state index is 11.6. The third-order valence-corrected chi connectivity index (χ3v) is 2.64. The third-order valence-electron chi connectivity index (χ3n) is 2.64. The molecule has 19 heavy (non-hydrogen) atoms. The Morgan fingerprint density at radius 1 is 1.63 bits per heavy atom. The van der Waals surface area contributed by atoms with Crippen molar-refractivity contribution in [3.05, 3.63) is 22.7 Å². The smallest absolute Gasteiger partial charge is 0.351 e. The summed E-state index contributed by atoms with van der Waals surface area (Å²) in [5.41, 5.74) is 4.85. The van der Waals surface area contributed by atoms with Crippen LogP contribution in [0.2, 0.25) is 0 Å².